The second kappa shape index (κ2) is 11.2. The van der Waals surface area contributed by atoms with Gasteiger partial charge in [-0.2, -0.15) is 0 Å². The van der Waals surface area contributed by atoms with E-state index in [0.717, 1.165) is 29.2 Å². The molecule has 2 atom stereocenters. The van der Waals surface area contributed by atoms with Crippen molar-refractivity contribution in [2.24, 2.45) is 16.8 Å². The normalized spacial score (nSPS) is 14.0. The summed E-state index contributed by atoms with van der Waals surface area (Å²) < 4.78 is 6.50. The average Bonchev–Trinajstić information content (AvgIpc) is 2.67. The molecule has 0 aliphatic heterocycles. The van der Waals surface area contributed by atoms with Crippen LogP contribution in [0.3, 0.4) is 0 Å². The molecule has 0 saturated heterocycles. The number of hydrogen-bond acceptors (Lipinski definition) is 2. The number of benzene rings is 2. The summed E-state index contributed by atoms with van der Waals surface area (Å²) in [5, 5.41) is 0. The standard InChI is InChI=1S/C27H39NO/c1-19(2)12-11-13-22(6)28-18-25-16-21(5)17-26(24-14-9-8-10-15-24)27(25)29-23(7)20(3)4/h8-10,14-20,22-23H,11-13H2,1-7H3/t22?,23-/m1/s1. The van der Waals surface area contributed by atoms with E-state index in [1.165, 1.54) is 24.0 Å². The molecule has 0 fully saturated rings. The topological polar surface area (TPSA) is 21.6 Å². The van der Waals surface area contributed by atoms with Crippen molar-refractivity contribution in [3.63, 3.8) is 0 Å². The zero-order valence-corrected chi connectivity index (χ0v) is 19.4. The van der Waals surface area contributed by atoms with Crippen LogP contribution in [0, 0.1) is 18.8 Å². The summed E-state index contributed by atoms with van der Waals surface area (Å²) >= 11 is 0. The molecule has 0 aliphatic carbocycles. The number of aliphatic imine (C=N–C) groups is 1. The third kappa shape index (κ3) is 7.34. The van der Waals surface area contributed by atoms with Gasteiger partial charge in [-0.05, 0) is 62.3 Å². The molecular formula is C27H39NO. The molecule has 0 spiro atoms. The van der Waals surface area contributed by atoms with Crippen molar-refractivity contribution in [3.8, 4) is 16.9 Å². The summed E-state index contributed by atoms with van der Waals surface area (Å²) in [7, 11) is 0. The minimum absolute atomic E-state index is 0.135. The van der Waals surface area contributed by atoms with E-state index in [0.29, 0.717) is 12.0 Å². The molecule has 2 rings (SSSR count). The van der Waals surface area contributed by atoms with Crippen LogP contribution in [-0.4, -0.2) is 18.4 Å². The minimum Gasteiger partial charge on any atom is -0.489 e. The van der Waals surface area contributed by atoms with Crippen LogP contribution in [0.15, 0.2) is 47.5 Å². The number of rotatable bonds is 10. The Morgan fingerprint density at radius 1 is 0.931 bits per heavy atom. The van der Waals surface area contributed by atoms with Crippen LogP contribution in [0.5, 0.6) is 5.75 Å². The molecule has 2 aromatic carbocycles. The molecule has 1 unspecified atom stereocenters. The van der Waals surface area contributed by atoms with Crippen molar-refractivity contribution in [1.82, 2.24) is 0 Å². The zero-order valence-electron chi connectivity index (χ0n) is 19.4. The summed E-state index contributed by atoms with van der Waals surface area (Å²) in [6.45, 7) is 15.5. The maximum absolute atomic E-state index is 6.50. The second-order valence-electron chi connectivity index (χ2n) is 9.12. The van der Waals surface area contributed by atoms with Gasteiger partial charge in [0.25, 0.3) is 0 Å². The number of ether oxygens (including phenoxy) is 1. The van der Waals surface area contributed by atoms with E-state index in [1.54, 1.807) is 0 Å². The van der Waals surface area contributed by atoms with Gasteiger partial charge in [0.1, 0.15) is 5.75 Å². The van der Waals surface area contributed by atoms with Gasteiger partial charge in [0.05, 0.1) is 6.10 Å². The molecular weight excluding hydrogens is 354 g/mol. The molecule has 0 radical (unpaired) electrons. The monoisotopic (exact) mass is 393 g/mol. The van der Waals surface area contributed by atoms with E-state index >= 15 is 0 Å². The molecule has 0 heterocycles. The summed E-state index contributed by atoms with van der Waals surface area (Å²) in [5.41, 5.74) is 4.63. The van der Waals surface area contributed by atoms with Crippen LogP contribution in [0.4, 0.5) is 0 Å². The van der Waals surface area contributed by atoms with Gasteiger partial charge >= 0.3 is 0 Å². The van der Waals surface area contributed by atoms with Crippen LogP contribution in [0.2, 0.25) is 0 Å². The third-order valence-electron chi connectivity index (χ3n) is 5.46. The van der Waals surface area contributed by atoms with Gasteiger partial charge in [-0.15, -0.1) is 0 Å². The summed E-state index contributed by atoms with van der Waals surface area (Å²) in [6, 6.07) is 15.3. The highest BCUT2D eigenvalue weighted by Gasteiger charge is 2.17. The Bertz CT molecular complexity index is 777. The molecule has 158 valence electrons. The second-order valence-corrected chi connectivity index (χ2v) is 9.12. The quantitative estimate of drug-likeness (QED) is 0.379. The van der Waals surface area contributed by atoms with Crippen molar-refractivity contribution in [1.29, 1.82) is 0 Å². The van der Waals surface area contributed by atoms with Crippen molar-refractivity contribution in [3.05, 3.63) is 53.6 Å². The maximum atomic E-state index is 6.50. The maximum Gasteiger partial charge on any atom is 0.136 e. The van der Waals surface area contributed by atoms with E-state index in [-0.39, 0.29) is 6.10 Å². The Hall–Kier alpha value is -2.09. The lowest BCUT2D eigenvalue weighted by Gasteiger charge is -2.23. The largest absolute Gasteiger partial charge is 0.489 e. The highest BCUT2D eigenvalue weighted by Crippen LogP contribution is 2.35. The van der Waals surface area contributed by atoms with Crippen molar-refractivity contribution < 1.29 is 4.74 Å². The Morgan fingerprint density at radius 2 is 1.62 bits per heavy atom. The first-order valence-electron chi connectivity index (χ1n) is 11.2. The first-order chi connectivity index (χ1) is 13.8. The average molecular weight is 394 g/mol. The molecule has 2 aromatic rings. The van der Waals surface area contributed by atoms with Gasteiger partial charge in [0, 0.05) is 23.4 Å². The van der Waals surface area contributed by atoms with Crippen LogP contribution >= 0.6 is 0 Å². The molecule has 0 amide bonds. The van der Waals surface area contributed by atoms with Crippen LogP contribution in [-0.2, 0) is 0 Å². The Kier molecular flexibility index (Phi) is 8.95. The van der Waals surface area contributed by atoms with Gasteiger partial charge in [-0.25, -0.2) is 0 Å². The lowest BCUT2D eigenvalue weighted by atomic mass is 9.98. The molecule has 2 heteroatoms. The van der Waals surface area contributed by atoms with E-state index in [9.17, 15) is 0 Å². The highest BCUT2D eigenvalue weighted by atomic mass is 16.5. The van der Waals surface area contributed by atoms with Crippen molar-refractivity contribution >= 4 is 6.21 Å². The number of aryl methyl sites for hydroxylation is 1. The predicted molar refractivity (Wildman–Crippen MR) is 127 cm³/mol. The number of hydrogen-bond donors (Lipinski definition) is 0. The Balaban J connectivity index is 2.36. The fourth-order valence-corrected chi connectivity index (χ4v) is 3.29. The summed E-state index contributed by atoms with van der Waals surface area (Å²) in [5.74, 6) is 2.15. The Labute approximate surface area is 178 Å². The van der Waals surface area contributed by atoms with Crippen molar-refractivity contribution in [2.45, 2.75) is 79.9 Å². The van der Waals surface area contributed by atoms with Gasteiger partial charge < -0.3 is 4.74 Å². The molecule has 0 aromatic heterocycles. The SMILES string of the molecule is Cc1cc(C=NC(C)CCCC(C)C)c(O[C@H](C)C(C)C)c(-c2ccccc2)c1. The minimum atomic E-state index is 0.135. The van der Waals surface area contributed by atoms with Crippen LogP contribution in [0.1, 0.15) is 71.9 Å². The molecule has 0 N–H and O–H groups in total. The smallest absolute Gasteiger partial charge is 0.136 e. The lowest BCUT2D eigenvalue weighted by molar-refractivity contribution is 0.171. The van der Waals surface area contributed by atoms with E-state index in [4.69, 9.17) is 9.73 Å². The van der Waals surface area contributed by atoms with Gasteiger partial charge in [-0.1, -0.05) is 70.9 Å². The fraction of sp³-hybridized carbons (Fsp3) is 0.519. The molecule has 0 aliphatic rings. The highest BCUT2D eigenvalue weighted by molar-refractivity contribution is 5.89. The number of nitrogens with zero attached hydrogens (tertiary/aromatic N) is 1. The van der Waals surface area contributed by atoms with Gasteiger partial charge in [0.15, 0.2) is 0 Å². The lowest BCUT2D eigenvalue weighted by Crippen LogP contribution is -2.20. The molecule has 2 nitrogen and oxygen atoms in total. The fourth-order valence-electron chi connectivity index (χ4n) is 3.29. The first kappa shape index (κ1) is 23.2. The van der Waals surface area contributed by atoms with Gasteiger partial charge in [0.2, 0.25) is 0 Å². The van der Waals surface area contributed by atoms with Crippen molar-refractivity contribution in [2.75, 3.05) is 0 Å². The van der Waals surface area contributed by atoms with E-state index in [2.05, 4.69) is 90.9 Å². The van der Waals surface area contributed by atoms with Gasteiger partial charge in [-0.3, -0.25) is 4.99 Å². The first-order valence-corrected chi connectivity index (χ1v) is 11.2. The third-order valence-corrected chi connectivity index (χ3v) is 5.46. The van der Waals surface area contributed by atoms with E-state index < -0.39 is 0 Å². The molecule has 0 bridgehead atoms. The summed E-state index contributed by atoms with van der Waals surface area (Å²) in [6.07, 6.45) is 5.79. The van der Waals surface area contributed by atoms with E-state index in [1.807, 2.05) is 6.21 Å². The molecule has 0 saturated carbocycles. The Morgan fingerprint density at radius 3 is 2.24 bits per heavy atom. The summed E-state index contributed by atoms with van der Waals surface area (Å²) in [4.78, 5) is 4.87. The van der Waals surface area contributed by atoms with Crippen LogP contribution < -0.4 is 4.74 Å². The van der Waals surface area contributed by atoms with Crippen LogP contribution in [0.25, 0.3) is 11.1 Å². The predicted octanol–water partition coefficient (Wildman–Crippen LogP) is 7.72. The molecule has 29 heavy (non-hydrogen) atoms. The zero-order chi connectivity index (χ0) is 21.4.